The highest BCUT2D eigenvalue weighted by molar-refractivity contribution is 5.94. The molecule has 6 heteroatoms. The number of carbonyl (C=O) groups excluding carboxylic acids is 1. The number of nitrogens with zero attached hydrogens (tertiary/aromatic N) is 2. The van der Waals surface area contributed by atoms with E-state index in [0.29, 0.717) is 24.2 Å². The summed E-state index contributed by atoms with van der Waals surface area (Å²) < 4.78 is 0. The van der Waals surface area contributed by atoms with Crippen LogP contribution in [0.1, 0.15) is 34.8 Å². The van der Waals surface area contributed by atoms with Crippen LogP contribution in [0.5, 0.6) is 0 Å². The number of nitrogens with one attached hydrogen (secondary N) is 1. The van der Waals surface area contributed by atoms with Crippen LogP contribution in [-0.4, -0.2) is 27.1 Å². The van der Waals surface area contributed by atoms with E-state index >= 15 is 0 Å². The molecule has 4 N–H and O–H groups in total. The molecule has 0 spiro atoms. The predicted molar refractivity (Wildman–Crippen MR) is 99.3 cm³/mol. The van der Waals surface area contributed by atoms with Crippen LogP contribution >= 0.6 is 0 Å². The van der Waals surface area contributed by atoms with Gasteiger partial charge in [-0.3, -0.25) is 9.78 Å². The van der Waals surface area contributed by atoms with Crippen molar-refractivity contribution in [2.24, 2.45) is 5.92 Å². The monoisotopic (exact) mass is 348 g/mol. The number of carbonyl (C=O) groups is 1. The van der Waals surface area contributed by atoms with E-state index < -0.39 is 0 Å². The Bertz CT molecular complexity index is 936. The highest BCUT2D eigenvalue weighted by atomic mass is 16.3. The fraction of sp³-hybridized carbons (Fsp3) is 0.250. The maximum Gasteiger partial charge on any atom is 0.253 e. The summed E-state index contributed by atoms with van der Waals surface area (Å²) in [6, 6.07) is 13.0. The number of anilines is 1. The molecule has 2 aromatic heterocycles. The van der Waals surface area contributed by atoms with Gasteiger partial charge in [0.1, 0.15) is 5.82 Å². The topological polar surface area (TPSA) is 101 Å². The smallest absolute Gasteiger partial charge is 0.253 e. The van der Waals surface area contributed by atoms with E-state index in [4.69, 9.17) is 5.73 Å². The van der Waals surface area contributed by atoms with Gasteiger partial charge in [-0.25, -0.2) is 4.98 Å². The predicted octanol–water partition coefficient (Wildman–Crippen LogP) is 2.45. The number of aliphatic hydroxyl groups is 1. The summed E-state index contributed by atoms with van der Waals surface area (Å²) in [4.78, 5) is 21.1. The van der Waals surface area contributed by atoms with E-state index in [1.165, 1.54) is 6.20 Å². The Morgan fingerprint density at radius 3 is 2.69 bits per heavy atom. The second-order valence-electron chi connectivity index (χ2n) is 6.77. The molecule has 0 aliphatic heterocycles. The van der Waals surface area contributed by atoms with Crippen molar-refractivity contribution < 1.29 is 9.90 Å². The summed E-state index contributed by atoms with van der Waals surface area (Å²) in [5.74, 6) is 0.342. The molecule has 1 atom stereocenters. The molecule has 6 nitrogen and oxygen atoms in total. The molecule has 26 heavy (non-hydrogen) atoms. The number of rotatable bonds is 4. The molecule has 1 fully saturated rings. The fourth-order valence-electron chi connectivity index (χ4n) is 3.40. The van der Waals surface area contributed by atoms with Crippen LogP contribution < -0.4 is 11.1 Å². The number of fused-ring (bicyclic) bond motifs is 1. The molecular weight excluding hydrogens is 328 g/mol. The molecule has 1 aromatic carbocycles. The van der Waals surface area contributed by atoms with E-state index in [9.17, 15) is 9.90 Å². The van der Waals surface area contributed by atoms with E-state index in [0.717, 1.165) is 16.5 Å². The summed E-state index contributed by atoms with van der Waals surface area (Å²) in [7, 11) is 0. The highest BCUT2D eigenvalue weighted by Crippen LogP contribution is 2.38. The van der Waals surface area contributed by atoms with E-state index in [-0.39, 0.29) is 24.0 Å². The van der Waals surface area contributed by atoms with Gasteiger partial charge in [0, 0.05) is 17.8 Å². The van der Waals surface area contributed by atoms with Crippen LogP contribution in [0.3, 0.4) is 0 Å². The fourth-order valence-corrected chi connectivity index (χ4v) is 3.40. The Balaban J connectivity index is 1.63. The molecule has 3 aromatic rings. The third kappa shape index (κ3) is 3.23. The molecule has 0 bridgehead atoms. The van der Waals surface area contributed by atoms with E-state index in [1.54, 1.807) is 18.3 Å². The van der Waals surface area contributed by atoms with Crippen molar-refractivity contribution in [2.75, 3.05) is 5.73 Å². The molecule has 0 radical (unpaired) electrons. The molecule has 4 rings (SSSR count). The molecular formula is C20H20N4O2. The van der Waals surface area contributed by atoms with Crippen molar-refractivity contribution in [1.29, 1.82) is 0 Å². The normalized spacial score (nSPS) is 20.3. The van der Waals surface area contributed by atoms with Crippen molar-refractivity contribution >= 4 is 22.6 Å². The third-order valence-corrected chi connectivity index (χ3v) is 4.93. The van der Waals surface area contributed by atoms with Gasteiger partial charge in [-0.2, -0.15) is 0 Å². The average Bonchev–Trinajstić information content (AvgIpc) is 2.64. The first-order valence-corrected chi connectivity index (χ1v) is 8.65. The second-order valence-corrected chi connectivity index (χ2v) is 6.77. The minimum absolute atomic E-state index is 0.179. The van der Waals surface area contributed by atoms with Gasteiger partial charge in [0.25, 0.3) is 5.91 Å². The molecule has 1 aliphatic carbocycles. The summed E-state index contributed by atoms with van der Waals surface area (Å²) in [5.41, 5.74) is 7.90. The second kappa shape index (κ2) is 6.72. The summed E-state index contributed by atoms with van der Waals surface area (Å²) in [5, 5.41) is 13.8. The zero-order valence-electron chi connectivity index (χ0n) is 14.2. The standard InChI is InChI=1S/C20H20N4O2/c21-18-6-5-13(10-23-18)20(26)24-19(14-8-16(25)9-14)15-7-12-3-1-2-4-17(12)22-11-15/h1-7,10-11,14,16,19,25H,8-9H2,(H2,21,23)(H,24,26)/t14?,16?,19-/m0/s1. The Morgan fingerprint density at radius 1 is 1.15 bits per heavy atom. The minimum Gasteiger partial charge on any atom is -0.393 e. The van der Waals surface area contributed by atoms with E-state index in [1.807, 2.05) is 24.3 Å². The van der Waals surface area contributed by atoms with Crippen LogP contribution in [0.15, 0.2) is 54.9 Å². The lowest BCUT2D eigenvalue weighted by Crippen LogP contribution is -2.41. The Labute approximate surface area is 151 Å². The zero-order chi connectivity index (χ0) is 18.1. The van der Waals surface area contributed by atoms with Crippen LogP contribution in [0, 0.1) is 5.92 Å². The number of hydrogen-bond acceptors (Lipinski definition) is 5. The van der Waals surface area contributed by atoms with Crippen LogP contribution in [0.25, 0.3) is 10.9 Å². The van der Waals surface area contributed by atoms with Crippen molar-refractivity contribution in [1.82, 2.24) is 15.3 Å². The summed E-state index contributed by atoms with van der Waals surface area (Å²) in [6.07, 6.45) is 4.30. The minimum atomic E-state index is -0.300. The molecule has 1 aliphatic rings. The van der Waals surface area contributed by atoms with E-state index in [2.05, 4.69) is 21.4 Å². The number of para-hydroxylation sites is 1. The van der Waals surface area contributed by atoms with Crippen molar-refractivity contribution in [3.05, 3.63) is 66.0 Å². The van der Waals surface area contributed by atoms with Gasteiger partial charge >= 0.3 is 0 Å². The number of aromatic nitrogens is 2. The van der Waals surface area contributed by atoms with Crippen molar-refractivity contribution in [3.8, 4) is 0 Å². The Hall–Kier alpha value is -2.99. The molecule has 2 heterocycles. The largest absolute Gasteiger partial charge is 0.393 e. The molecule has 1 saturated carbocycles. The van der Waals surface area contributed by atoms with Crippen molar-refractivity contribution in [2.45, 2.75) is 25.0 Å². The first-order chi connectivity index (χ1) is 12.6. The number of nitrogens with two attached hydrogens (primary N) is 1. The SMILES string of the molecule is Nc1ccc(C(=O)N[C@H](c2cnc3ccccc3c2)C2CC(O)C2)cn1. The van der Waals surface area contributed by atoms with Gasteiger partial charge in [-0.1, -0.05) is 18.2 Å². The molecule has 0 saturated heterocycles. The maximum atomic E-state index is 12.7. The van der Waals surface area contributed by atoms with Crippen molar-refractivity contribution in [3.63, 3.8) is 0 Å². The van der Waals surface area contributed by atoms with Crippen LogP contribution in [-0.2, 0) is 0 Å². The highest BCUT2D eigenvalue weighted by Gasteiger charge is 2.36. The number of nitrogen functional groups attached to an aromatic ring is 1. The molecule has 132 valence electrons. The molecule has 0 unspecified atom stereocenters. The maximum absolute atomic E-state index is 12.7. The van der Waals surface area contributed by atoms with Gasteiger partial charge in [-0.05, 0) is 48.6 Å². The number of amides is 1. The Kier molecular flexibility index (Phi) is 4.26. The lowest BCUT2D eigenvalue weighted by Gasteiger charge is -2.38. The average molecular weight is 348 g/mol. The first kappa shape index (κ1) is 16.5. The van der Waals surface area contributed by atoms with Gasteiger partial charge < -0.3 is 16.2 Å². The van der Waals surface area contributed by atoms with Crippen LogP contribution in [0.4, 0.5) is 5.82 Å². The quantitative estimate of drug-likeness (QED) is 0.672. The number of hydrogen-bond donors (Lipinski definition) is 3. The third-order valence-electron chi connectivity index (χ3n) is 4.93. The lowest BCUT2D eigenvalue weighted by molar-refractivity contribution is 0.0235. The summed E-state index contributed by atoms with van der Waals surface area (Å²) in [6.45, 7) is 0. The van der Waals surface area contributed by atoms with Gasteiger partial charge in [0.15, 0.2) is 0 Å². The first-order valence-electron chi connectivity index (χ1n) is 8.65. The lowest BCUT2D eigenvalue weighted by atomic mass is 9.75. The van der Waals surface area contributed by atoms with Gasteiger partial charge in [-0.15, -0.1) is 0 Å². The Morgan fingerprint density at radius 2 is 1.96 bits per heavy atom. The zero-order valence-corrected chi connectivity index (χ0v) is 14.2. The van der Waals surface area contributed by atoms with Crippen LogP contribution in [0.2, 0.25) is 0 Å². The number of benzene rings is 1. The number of pyridine rings is 2. The number of aliphatic hydroxyl groups excluding tert-OH is 1. The molecule has 1 amide bonds. The van der Waals surface area contributed by atoms with Gasteiger partial charge in [0.05, 0.1) is 23.2 Å². The summed E-state index contributed by atoms with van der Waals surface area (Å²) >= 11 is 0. The van der Waals surface area contributed by atoms with Gasteiger partial charge in [0.2, 0.25) is 0 Å².